The van der Waals surface area contributed by atoms with E-state index in [2.05, 4.69) is 0 Å². The fraction of sp³-hybridized carbons (Fsp3) is 0.200. The highest BCUT2D eigenvalue weighted by atomic mass is 32.2. The molecule has 0 bridgehead atoms. The molecule has 8 nitrogen and oxygen atoms in total. The SMILES string of the molecule is COc1cc(C(C)=O)ccc1OC(=O)COc1ccc(N(C)S(=O)(=O)c2ccc(C)cc2)cc1. The Labute approximate surface area is 198 Å². The Bertz CT molecular complexity index is 1280. The molecule has 3 aromatic rings. The number of aryl methyl sites for hydroxylation is 1. The van der Waals surface area contributed by atoms with E-state index in [1.54, 1.807) is 48.5 Å². The van der Waals surface area contributed by atoms with Crippen molar-refractivity contribution in [3.63, 3.8) is 0 Å². The van der Waals surface area contributed by atoms with Crippen LogP contribution in [0.25, 0.3) is 0 Å². The maximum absolute atomic E-state index is 12.8. The quantitative estimate of drug-likeness (QED) is 0.258. The van der Waals surface area contributed by atoms with Crippen LogP contribution in [0.2, 0.25) is 0 Å². The van der Waals surface area contributed by atoms with Crippen molar-refractivity contribution < 1.29 is 32.2 Å². The normalized spacial score (nSPS) is 10.9. The summed E-state index contributed by atoms with van der Waals surface area (Å²) in [5.41, 5.74) is 1.83. The van der Waals surface area contributed by atoms with E-state index in [0.29, 0.717) is 17.0 Å². The van der Waals surface area contributed by atoms with Gasteiger partial charge in [0.1, 0.15) is 5.75 Å². The number of benzene rings is 3. The molecule has 0 heterocycles. The van der Waals surface area contributed by atoms with Gasteiger partial charge in [-0.2, -0.15) is 0 Å². The van der Waals surface area contributed by atoms with Crippen LogP contribution in [0.5, 0.6) is 17.2 Å². The molecule has 9 heteroatoms. The molecular weight excluding hydrogens is 458 g/mol. The molecule has 0 aromatic heterocycles. The summed E-state index contributed by atoms with van der Waals surface area (Å²) in [6.07, 6.45) is 0. The number of ether oxygens (including phenoxy) is 3. The second-order valence-corrected chi connectivity index (χ2v) is 9.43. The molecular formula is C25H25NO7S. The fourth-order valence-electron chi connectivity index (χ4n) is 3.02. The van der Waals surface area contributed by atoms with Crippen LogP contribution in [0.15, 0.2) is 71.6 Å². The van der Waals surface area contributed by atoms with E-state index in [-0.39, 0.29) is 28.8 Å². The Morgan fingerprint density at radius 1 is 0.912 bits per heavy atom. The molecule has 34 heavy (non-hydrogen) atoms. The lowest BCUT2D eigenvalue weighted by atomic mass is 10.1. The Kier molecular flexibility index (Phi) is 7.57. The number of methoxy groups -OCH3 is 1. The minimum atomic E-state index is -3.71. The van der Waals surface area contributed by atoms with E-state index in [1.165, 1.54) is 43.6 Å². The lowest BCUT2D eigenvalue weighted by Crippen LogP contribution is -2.26. The average molecular weight is 484 g/mol. The number of esters is 1. The van der Waals surface area contributed by atoms with Gasteiger partial charge in [-0.25, -0.2) is 13.2 Å². The van der Waals surface area contributed by atoms with E-state index in [1.807, 2.05) is 6.92 Å². The zero-order valence-corrected chi connectivity index (χ0v) is 20.1. The van der Waals surface area contributed by atoms with Crippen molar-refractivity contribution in [3.8, 4) is 17.2 Å². The summed E-state index contributed by atoms with van der Waals surface area (Å²) in [6.45, 7) is 2.93. The molecule has 0 aliphatic carbocycles. The number of sulfonamides is 1. The van der Waals surface area contributed by atoms with E-state index in [4.69, 9.17) is 14.2 Å². The molecule has 0 N–H and O–H groups in total. The summed E-state index contributed by atoms with van der Waals surface area (Å²) < 4.78 is 42.7. The maximum Gasteiger partial charge on any atom is 0.349 e. The van der Waals surface area contributed by atoms with Crippen LogP contribution in [0.4, 0.5) is 5.69 Å². The average Bonchev–Trinajstić information content (AvgIpc) is 2.83. The van der Waals surface area contributed by atoms with Gasteiger partial charge in [-0.15, -0.1) is 0 Å². The maximum atomic E-state index is 12.8. The molecule has 0 unspecified atom stereocenters. The highest BCUT2D eigenvalue weighted by Crippen LogP contribution is 2.29. The van der Waals surface area contributed by atoms with Crippen molar-refractivity contribution in [3.05, 3.63) is 77.9 Å². The molecule has 0 saturated carbocycles. The number of ketones is 1. The van der Waals surface area contributed by atoms with Gasteiger partial charge in [-0.05, 0) is 68.4 Å². The predicted molar refractivity (Wildman–Crippen MR) is 127 cm³/mol. The summed E-state index contributed by atoms with van der Waals surface area (Å²) in [5, 5.41) is 0. The topological polar surface area (TPSA) is 99.2 Å². The molecule has 3 rings (SSSR count). The molecule has 0 aliphatic rings. The van der Waals surface area contributed by atoms with Gasteiger partial charge in [0.05, 0.1) is 17.7 Å². The molecule has 0 atom stereocenters. The minimum absolute atomic E-state index is 0.139. The minimum Gasteiger partial charge on any atom is -0.493 e. The lowest BCUT2D eigenvalue weighted by Gasteiger charge is -2.20. The van der Waals surface area contributed by atoms with Crippen LogP contribution < -0.4 is 18.5 Å². The van der Waals surface area contributed by atoms with Gasteiger partial charge in [0.15, 0.2) is 23.9 Å². The van der Waals surface area contributed by atoms with Crippen LogP contribution in [-0.2, 0) is 14.8 Å². The van der Waals surface area contributed by atoms with E-state index in [9.17, 15) is 18.0 Å². The number of anilines is 1. The number of rotatable bonds is 9. The third kappa shape index (κ3) is 5.74. The second kappa shape index (κ2) is 10.4. The van der Waals surface area contributed by atoms with Gasteiger partial charge in [0.2, 0.25) is 0 Å². The highest BCUT2D eigenvalue weighted by Gasteiger charge is 2.21. The van der Waals surface area contributed by atoms with Crippen molar-refractivity contribution in [2.45, 2.75) is 18.7 Å². The number of carbonyl (C=O) groups is 2. The summed E-state index contributed by atoms with van der Waals surface area (Å²) in [4.78, 5) is 23.9. The van der Waals surface area contributed by atoms with Crippen molar-refractivity contribution in [1.82, 2.24) is 0 Å². The summed E-state index contributed by atoms with van der Waals surface area (Å²) in [6, 6.07) is 17.4. The zero-order chi connectivity index (χ0) is 24.9. The Hall–Kier alpha value is -3.85. The molecule has 178 valence electrons. The highest BCUT2D eigenvalue weighted by molar-refractivity contribution is 7.92. The van der Waals surface area contributed by atoms with Gasteiger partial charge in [-0.3, -0.25) is 9.10 Å². The standard InChI is InChI=1S/C25H25NO7S/c1-17-5-12-22(13-6-17)34(29,30)26(3)20-8-10-21(11-9-20)32-16-25(28)33-23-14-7-19(18(2)27)15-24(23)31-4/h5-15H,16H2,1-4H3. The van der Waals surface area contributed by atoms with E-state index < -0.39 is 16.0 Å². The van der Waals surface area contributed by atoms with E-state index >= 15 is 0 Å². The number of carbonyl (C=O) groups excluding carboxylic acids is 2. The summed E-state index contributed by atoms with van der Waals surface area (Å²) in [5.74, 6) is -0.0272. The van der Waals surface area contributed by atoms with Gasteiger partial charge in [0, 0.05) is 12.6 Å². The molecule has 0 spiro atoms. The lowest BCUT2D eigenvalue weighted by molar-refractivity contribution is -0.136. The first-order valence-electron chi connectivity index (χ1n) is 10.3. The van der Waals surface area contributed by atoms with Crippen LogP contribution in [0, 0.1) is 6.92 Å². The van der Waals surface area contributed by atoms with Crippen molar-refractivity contribution in [2.75, 3.05) is 25.1 Å². The zero-order valence-electron chi connectivity index (χ0n) is 19.3. The predicted octanol–water partition coefficient (Wildman–Crippen LogP) is 4.02. The van der Waals surface area contributed by atoms with Crippen LogP contribution >= 0.6 is 0 Å². The Morgan fingerprint density at radius 2 is 1.56 bits per heavy atom. The van der Waals surface area contributed by atoms with Crippen molar-refractivity contribution in [1.29, 1.82) is 0 Å². The molecule has 0 amide bonds. The van der Waals surface area contributed by atoms with E-state index in [0.717, 1.165) is 5.56 Å². The van der Waals surface area contributed by atoms with Crippen molar-refractivity contribution >= 4 is 27.5 Å². The van der Waals surface area contributed by atoms with Gasteiger partial charge < -0.3 is 14.2 Å². The molecule has 0 saturated heterocycles. The number of Topliss-reactive ketones (excluding diaryl/α,β-unsaturated/α-hetero) is 1. The van der Waals surface area contributed by atoms with Gasteiger partial charge >= 0.3 is 5.97 Å². The Morgan fingerprint density at radius 3 is 2.15 bits per heavy atom. The Balaban J connectivity index is 1.62. The monoisotopic (exact) mass is 483 g/mol. The summed E-state index contributed by atoms with van der Waals surface area (Å²) >= 11 is 0. The molecule has 0 radical (unpaired) electrons. The second-order valence-electron chi connectivity index (χ2n) is 7.46. The smallest absolute Gasteiger partial charge is 0.349 e. The van der Waals surface area contributed by atoms with Crippen LogP contribution in [0.3, 0.4) is 0 Å². The van der Waals surface area contributed by atoms with Gasteiger partial charge in [-0.1, -0.05) is 17.7 Å². The number of hydrogen-bond acceptors (Lipinski definition) is 7. The van der Waals surface area contributed by atoms with Gasteiger partial charge in [0.25, 0.3) is 10.0 Å². The van der Waals surface area contributed by atoms with Crippen LogP contribution in [0.1, 0.15) is 22.8 Å². The summed E-state index contributed by atoms with van der Waals surface area (Å²) in [7, 11) is -0.839. The first-order valence-corrected chi connectivity index (χ1v) is 11.7. The third-order valence-corrected chi connectivity index (χ3v) is 6.83. The molecule has 0 fully saturated rings. The largest absolute Gasteiger partial charge is 0.493 e. The first kappa shape index (κ1) is 24.8. The number of hydrogen-bond donors (Lipinski definition) is 0. The molecule has 3 aromatic carbocycles. The number of nitrogens with zero attached hydrogens (tertiary/aromatic N) is 1. The molecule has 0 aliphatic heterocycles. The third-order valence-electron chi connectivity index (χ3n) is 5.03. The van der Waals surface area contributed by atoms with Crippen molar-refractivity contribution in [2.24, 2.45) is 0 Å². The fourth-order valence-corrected chi connectivity index (χ4v) is 4.22. The first-order chi connectivity index (χ1) is 16.1. The van der Waals surface area contributed by atoms with Crippen LogP contribution in [-0.4, -0.2) is 40.9 Å².